The number of rotatable bonds is 6. The van der Waals surface area contributed by atoms with Crippen molar-refractivity contribution >= 4 is 12.0 Å². The summed E-state index contributed by atoms with van der Waals surface area (Å²) in [6.45, 7) is 8.83. The number of urea groups is 1. The molecule has 0 aromatic rings. The lowest BCUT2D eigenvalue weighted by Crippen LogP contribution is -2.54. The first-order valence-corrected chi connectivity index (χ1v) is 6.39. The van der Waals surface area contributed by atoms with Crippen LogP contribution in [0.4, 0.5) is 4.79 Å². The molecule has 6 heteroatoms. The van der Waals surface area contributed by atoms with Crippen molar-refractivity contribution in [1.29, 1.82) is 0 Å². The van der Waals surface area contributed by atoms with Crippen LogP contribution in [0.5, 0.6) is 0 Å². The lowest BCUT2D eigenvalue weighted by molar-refractivity contribution is -0.147. The van der Waals surface area contributed by atoms with E-state index in [0.29, 0.717) is 39.1 Å². The SMILES string of the molecule is C=C(C)COCCNC(=O)N1CCCC1(C)C(=O)O. The molecule has 6 nitrogen and oxygen atoms in total. The zero-order chi connectivity index (χ0) is 14.5. The minimum atomic E-state index is -1.09. The molecule has 2 N–H and O–H groups in total. The van der Waals surface area contributed by atoms with Gasteiger partial charge in [0.25, 0.3) is 0 Å². The molecule has 0 radical (unpaired) electrons. The van der Waals surface area contributed by atoms with Crippen LogP contribution in [0.25, 0.3) is 0 Å². The summed E-state index contributed by atoms with van der Waals surface area (Å²) in [5.41, 5.74) is -0.174. The van der Waals surface area contributed by atoms with Crippen LogP contribution in [0, 0.1) is 0 Å². The van der Waals surface area contributed by atoms with Gasteiger partial charge in [0.05, 0.1) is 13.2 Å². The second-order valence-corrected chi connectivity index (χ2v) is 5.08. The molecular weight excluding hydrogens is 248 g/mol. The molecule has 108 valence electrons. The van der Waals surface area contributed by atoms with E-state index in [0.717, 1.165) is 5.57 Å². The second-order valence-electron chi connectivity index (χ2n) is 5.08. The van der Waals surface area contributed by atoms with Gasteiger partial charge in [-0.15, -0.1) is 0 Å². The summed E-state index contributed by atoms with van der Waals surface area (Å²) in [4.78, 5) is 24.6. The molecule has 0 saturated carbocycles. The first-order chi connectivity index (χ1) is 8.88. The molecule has 1 unspecified atom stereocenters. The minimum absolute atomic E-state index is 0.346. The van der Waals surface area contributed by atoms with E-state index in [1.165, 1.54) is 4.90 Å². The van der Waals surface area contributed by atoms with Crippen LogP contribution in [0.2, 0.25) is 0 Å². The molecule has 1 aliphatic rings. The molecule has 1 aliphatic heterocycles. The van der Waals surface area contributed by atoms with E-state index in [2.05, 4.69) is 11.9 Å². The number of hydrogen-bond donors (Lipinski definition) is 2. The zero-order valence-electron chi connectivity index (χ0n) is 11.6. The Morgan fingerprint density at radius 2 is 2.21 bits per heavy atom. The third-order valence-corrected chi connectivity index (χ3v) is 3.22. The molecule has 1 atom stereocenters. The molecule has 0 aromatic carbocycles. The van der Waals surface area contributed by atoms with Gasteiger partial charge in [-0.2, -0.15) is 0 Å². The highest BCUT2D eigenvalue weighted by molar-refractivity contribution is 5.86. The van der Waals surface area contributed by atoms with Crippen LogP contribution in [0.15, 0.2) is 12.2 Å². The van der Waals surface area contributed by atoms with E-state index < -0.39 is 11.5 Å². The van der Waals surface area contributed by atoms with Crippen LogP contribution in [-0.4, -0.2) is 53.8 Å². The van der Waals surface area contributed by atoms with E-state index >= 15 is 0 Å². The number of carbonyl (C=O) groups excluding carboxylic acids is 1. The maximum absolute atomic E-state index is 11.9. The normalized spacial score (nSPS) is 22.3. The van der Waals surface area contributed by atoms with Crippen LogP contribution >= 0.6 is 0 Å². The van der Waals surface area contributed by atoms with Crippen molar-refractivity contribution < 1.29 is 19.4 Å². The van der Waals surface area contributed by atoms with Crippen molar-refractivity contribution in [3.05, 3.63) is 12.2 Å². The van der Waals surface area contributed by atoms with Gasteiger partial charge >= 0.3 is 12.0 Å². The number of likely N-dealkylation sites (tertiary alicyclic amines) is 1. The third kappa shape index (κ3) is 3.96. The quantitative estimate of drug-likeness (QED) is 0.562. The Hall–Kier alpha value is -1.56. The third-order valence-electron chi connectivity index (χ3n) is 3.22. The van der Waals surface area contributed by atoms with Gasteiger partial charge in [-0.3, -0.25) is 0 Å². The average molecular weight is 270 g/mol. The molecule has 0 bridgehead atoms. The van der Waals surface area contributed by atoms with Gasteiger partial charge in [0.1, 0.15) is 5.54 Å². The van der Waals surface area contributed by atoms with Gasteiger partial charge in [0.15, 0.2) is 0 Å². The Balaban J connectivity index is 2.37. The van der Waals surface area contributed by atoms with Gasteiger partial charge in [-0.05, 0) is 26.7 Å². The Bertz CT molecular complexity index is 370. The molecule has 0 aliphatic carbocycles. The number of carboxylic acids is 1. The summed E-state index contributed by atoms with van der Waals surface area (Å²) in [6, 6.07) is -0.346. The second kappa shape index (κ2) is 6.56. The van der Waals surface area contributed by atoms with E-state index in [1.807, 2.05) is 6.92 Å². The maximum Gasteiger partial charge on any atom is 0.329 e. The van der Waals surface area contributed by atoms with E-state index in [1.54, 1.807) is 6.92 Å². The first-order valence-electron chi connectivity index (χ1n) is 6.39. The number of carboxylic acid groups (broad SMARTS) is 1. The van der Waals surface area contributed by atoms with Crippen molar-refractivity contribution in [2.24, 2.45) is 0 Å². The van der Waals surface area contributed by atoms with Crippen molar-refractivity contribution in [1.82, 2.24) is 10.2 Å². The molecule has 1 heterocycles. The highest BCUT2D eigenvalue weighted by Gasteiger charge is 2.45. The summed E-state index contributed by atoms with van der Waals surface area (Å²) in [7, 11) is 0. The summed E-state index contributed by atoms with van der Waals surface area (Å²) >= 11 is 0. The highest BCUT2D eigenvalue weighted by Crippen LogP contribution is 2.28. The van der Waals surface area contributed by atoms with E-state index in [-0.39, 0.29) is 6.03 Å². The maximum atomic E-state index is 11.9. The number of aliphatic carboxylic acids is 1. The lowest BCUT2D eigenvalue weighted by Gasteiger charge is -2.31. The molecular formula is C13H22N2O4. The summed E-state index contributed by atoms with van der Waals surface area (Å²) in [5, 5.41) is 11.9. The van der Waals surface area contributed by atoms with Gasteiger partial charge in [-0.25, -0.2) is 9.59 Å². The molecule has 0 spiro atoms. The first kappa shape index (κ1) is 15.5. The highest BCUT2D eigenvalue weighted by atomic mass is 16.5. The molecule has 1 rings (SSSR count). The fourth-order valence-electron chi connectivity index (χ4n) is 2.08. The van der Waals surface area contributed by atoms with Gasteiger partial charge in [0.2, 0.25) is 0 Å². The van der Waals surface area contributed by atoms with Crippen LogP contribution in [0.1, 0.15) is 26.7 Å². The van der Waals surface area contributed by atoms with E-state index in [4.69, 9.17) is 4.74 Å². The smallest absolute Gasteiger partial charge is 0.329 e. The summed E-state index contributed by atoms with van der Waals surface area (Å²) in [5.74, 6) is -0.960. The molecule has 1 saturated heterocycles. The largest absolute Gasteiger partial charge is 0.480 e. The fraction of sp³-hybridized carbons (Fsp3) is 0.692. The predicted octanol–water partition coefficient (Wildman–Crippen LogP) is 1.23. The number of amides is 2. The monoisotopic (exact) mass is 270 g/mol. The van der Waals surface area contributed by atoms with Crippen molar-refractivity contribution in [3.8, 4) is 0 Å². The number of carbonyl (C=O) groups is 2. The van der Waals surface area contributed by atoms with Crippen LogP contribution in [-0.2, 0) is 9.53 Å². The fourth-order valence-corrected chi connectivity index (χ4v) is 2.08. The van der Waals surface area contributed by atoms with Crippen LogP contribution < -0.4 is 5.32 Å². The number of nitrogens with one attached hydrogen (secondary N) is 1. The lowest BCUT2D eigenvalue weighted by atomic mass is 10.00. The number of ether oxygens (including phenoxy) is 1. The molecule has 19 heavy (non-hydrogen) atoms. The standard InChI is InChI=1S/C13H22N2O4/c1-10(2)9-19-8-6-14-12(18)15-7-4-5-13(15,3)11(16)17/h1,4-9H2,2-3H3,(H,14,18)(H,16,17). The summed E-state index contributed by atoms with van der Waals surface area (Å²) < 4.78 is 5.26. The molecule has 1 fully saturated rings. The number of hydrogen-bond acceptors (Lipinski definition) is 3. The molecule has 0 aromatic heterocycles. The zero-order valence-corrected chi connectivity index (χ0v) is 11.6. The Morgan fingerprint density at radius 1 is 1.53 bits per heavy atom. The van der Waals surface area contributed by atoms with Crippen molar-refractivity contribution in [2.75, 3.05) is 26.3 Å². The molecule has 2 amide bonds. The van der Waals surface area contributed by atoms with Crippen molar-refractivity contribution in [3.63, 3.8) is 0 Å². The Labute approximate surface area is 113 Å². The average Bonchev–Trinajstić information content (AvgIpc) is 2.71. The van der Waals surface area contributed by atoms with E-state index in [9.17, 15) is 14.7 Å². The van der Waals surface area contributed by atoms with Gasteiger partial charge in [-0.1, -0.05) is 12.2 Å². The topological polar surface area (TPSA) is 78.9 Å². The minimum Gasteiger partial charge on any atom is -0.480 e. The van der Waals surface area contributed by atoms with Crippen molar-refractivity contribution in [2.45, 2.75) is 32.2 Å². The van der Waals surface area contributed by atoms with Gasteiger partial charge in [0, 0.05) is 13.1 Å². The Kier molecular flexibility index (Phi) is 5.35. The van der Waals surface area contributed by atoms with Gasteiger partial charge < -0.3 is 20.1 Å². The van der Waals surface area contributed by atoms with Crippen LogP contribution in [0.3, 0.4) is 0 Å². The Morgan fingerprint density at radius 3 is 2.79 bits per heavy atom. The number of nitrogens with zero attached hydrogens (tertiary/aromatic N) is 1. The predicted molar refractivity (Wildman–Crippen MR) is 71.0 cm³/mol. The summed E-state index contributed by atoms with van der Waals surface area (Å²) in [6.07, 6.45) is 1.20.